The number of methoxy groups -OCH3 is 2. The fourth-order valence-electron chi connectivity index (χ4n) is 1.33. The molecule has 108 valence electrons. The molecule has 1 aromatic carbocycles. The summed E-state index contributed by atoms with van der Waals surface area (Å²) < 4.78 is 14.3. The number of hydrogen-bond acceptors (Lipinski definition) is 6. The maximum absolute atomic E-state index is 11.3. The van der Waals surface area contributed by atoms with E-state index in [-0.39, 0.29) is 17.1 Å². The van der Waals surface area contributed by atoms with Gasteiger partial charge in [0.25, 0.3) is 5.91 Å². The van der Waals surface area contributed by atoms with E-state index in [9.17, 15) is 14.4 Å². The Morgan fingerprint density at radius 2 is 1.95 bits per heavy atom. The number of carbonyl (C=O) groups excluding carboxylic acids is 2. The van der Waals surface area contributed by atoms with Crippen LogP contribution < -0.4 is 14.8 Å². The van der Waals surface area contributed by atoms with Gasteiger partial charge in [-0.25, -0.2) is 9.59 Å². The molecule has 1 aromatic rings. The highest BCUT2D eigenvalue weighted by molar-refractivity contribution is 5.94. The minimum atomic E-state index is -1.23. The van der Waals surface area contributed by atoms with E-state index in [4.69, 9.17) is 14.6 Å². The van der Waals surface area contributed by atoms with Gasteiger partial charge in [0.2, 0.25) is 0 Å². The molecule has 0 aliphatic rings. The molecule has 0 saturated heterocycles. The van der Waals surface area contributed by atoms with Crippen LogP contribution in [0.2, 0.25) is 0 Å². The van der Waals surface area contributed by atoms with Crippen molar-refractivity contribution < 1.29 is 33.7 Å². The number of aromatic carboxylic acids is 1. The third-order valence-corrected chi connectivity index (χ3v) is 2.20. The summed E-state index contributed by atoms with van der Waals surface area (Å²) in [6.45, 7) is -0.560. The van der Waals surface area contributed by atoms with Crippen LogP contribution in [0.25, 0.3) is 0 Å². The zero-order valence-corrected chi connectivity index (χ0v) is 10.8. The number of benzene rings is 1. The van der Waals surface area contributed by atoms with Gasteiger partial charge < -0.3 is 19.3 Å². The second-order valence-corrected chi connectivity index (χ2v) is 3.47. The number of carbonyl (C=O) groups is 3. The monoisotopic (exact) mass is 283 g/mol. The number of amides is 2. The molecule has 0 atom stereocenters. The summed E-state index contributed by atoms with van der Waals surface area (Å²) >= 11 is 0. The van der Waals surface area contributed by atoms with Crippen molar-refractivity contribution in [1.29, 1.82) is 0 Å². The first-order valence-electron chi connectivity index (χ1n) is 5.40. The second-order valence-electron chi connectivity index (χ2n) is 3.47. The average molecular weight is 283 g/mol. The van der Waals surface area contributed by atoms with Gasteiger partial charge in [-0.15, -0.1) is 0 Å². The van der Waals surface area contributed by atoms with Gasteiger partial charge in [-0.1, -0.05) is 6.07 Å². The standard InChI is InChI=1S/C12H13NO7/c1-18-8-5-3-4-7(11(15)16)10(8)20-6-9(14)13-12(17)19-2/h3-5H,6H2,1-2H3,(H,15,16)(H,13,14,17). The molecule has 2 amide bonds. The summed E-state index contributed by atoms with van der Waals surface area (Å²) in [6, 6.07) is 4.27. The summed E-state index contributed by atoms with van der Waals surface area (Å²) in [5.41, 5.74) is -0.157. The van der Waals surface area contributed by atoms with Crippen LogP contribution in [0.3, 0.4) is 0 Å². The van der Waals surface area contributed by atoms with Gasteiger partial charge in [0.05, 0.1) is 14.2 Å². The molecular weight excluding hydrogens is 270 g/mol. The lowest BCUT2D eigenvalue weighted by atomic mass is 10.2. The Labute approximate surface area is 114 Å². The zero-order valence-electron chi connectivity index (χ0n) is 10.8. The minimum absolute atomic E-state index is 0.0949. The van der Waals surface area contributed by atoms with E-state index in [1.807, 2.05) is 5.32 Å². The highest BCUT2D eigenvalue weighted by atomic mass is 16.5. The Balaban J connectivity index is 2.83. The van der Waals surface area contributed by atoms with Crippen molar-refractivity contribution >= 4 is 18.0 Å². The van der Waals surface area contributed by atoms with E-state index in [0.29, 0.717) is 0 Å². The molecule has 0 heterocycles. The number of rotatable bonds is 5. The van der Waals surface area contributed by atoms with E-state index < -0.39 is 24.6 Å². The van der Waals surface area contributed by atoms with Crippen molar-refractivity contribution in [3.05, 3.63) is 23.8 Å². The van der Waals surface area contributed by atoms with Crippen molar-refractivity contribution in [3.8, 4) is 11.5 Å². The molecule has 0 bridgehead atoms. The normalized spacial score (nSPS) is 9.50. The topological polar surface area (TPSA) is 111 Å². The van der Waals surface area contributed by atoms with Crippen molar-refractivity contribution in [3.63, 3.8) is 0 Å². The van der Waals surface area contributed by atoms with Gasteiger partial charge in [-0.3, -0.25) is 10.1 Å². The molecule has 0 radical (unpaired) electrons. The fourth-order valence-corrected chi connectivity index (χ4v) is 1.33. The molecule has 8 heteroatoms. The number of ether oxygens (including phenoxy) is 3. The van der Waals surface area contributed by atoms with Crippen molar-refractivity contribution in [2.45, 2.75) is 0 Å². The highest BCUT2D eigenvalue weighted by Gasteiger charge is 2.18. The Bertz CT molecular complexity index is 527. The molecule has 20 heavy (non-hydrogen) atoms. The second kappa shape index (κ2) is 6.98. The van der Waals surface area contributed by atoms with Crippen LogP contribution >= 0.6 is 0 Å². The molecule has 0 aliphatic carbocycles. The zero-order chi connectivity index (χ0) is 15.1. The van der Waals surface area contributed by atoms with Crippen LogP contribution in [0.1, 0.15) is 10.4 Å². The molecular formula is C12H13NO7. The minimum Gasteiger partial charge on any atom is -0.493 e. The van der Waals surface area contributed by atoms with Crippen molar-refractivity contribution in [2.24, 2.45) is 0 Å². The van der Waals surface area contributed by atoms with Crippen LogP contribution in [-0.2, 0) is 9.53 Å². The van der Waals surface area contributed by atoms with Gasteiger partial charge in [-0.2, -0.15) is 0 Å². The third-order valence-electron chi connectivity index (χ3n) is 2.20. The van der Waals surface area contributed by atoms with Gasteiger partial charge in [0.1, 0.15) is 5.56 Å². The lowest BCUT2D eigenvalue weighted by Crippen LogP contribution is -2.34. The van der Waals surface area contributed by atoms with Crippen LogP contribution in [0.4, 0.5) is 4.79 Å². The summed E-state index contributed by atoms with van der Waals surface area (Å²) in [4.78, 5) is 33.2. The van der Waals surface area contributed by atoms with E-state index in [0.717, 1.165) is 7.11 Å². The van der Waals surface area contributed by atoms with Gasteiger partial charge in [-0.05, 0) is 12.1 Å². The molecule has 2 N–H and O–H groups in total. The molecule has 0 aromatic heterocycles. The predicted octanol–water partition coefficient (Wildman–Crippen LogP) is 0.655. The smallest absolute Gasteiger partial charge is 0.413 e. The summed E-state index contributed by atoms with van der Waals surface area (Å²) in [7, 11) is 2.44. The lowest BCUT2D eigenvalue weighted by Gasteiger charge is -2.12. The average Bonchev–Trinajstić information content (AvgIpc) is 2.44. The molecule has 0 saturated carbocycles. The Hall–Kier alpha value is -2.77. The predicted molar refractivity (Wildman–Crippen MR) is 66.0 cm³/mol. The van der Waals surface area contributed by atoms with Gasteiger partial charge >= 0.3 is 12.1 Å². The first-order valence-corrected chi connectivity index (χ1v) is 5.40. The van der Waals surface area contributed by atoms with Crippen LogP contribution in [0.15, 0.2) is 18.2 Å². The van der Waals surface area contributed by atoms with E-state index in [1.54, 1.807) is 0 Å². The van der Waals surface area contributed by atoms with Crippen molar-refractivity contribution in [2.75, 3.05) is 20.8 Å². The Kier molecular flexibility index (Phi) is 5.33. The highest BCUT2D eigenvalue weighted by Crippen LogP contribution is 2.30. The first kappa shape index (κ1) is 15.3. The Morgan fingerprint density at radius 3 is 2.50 bits per heavy atom. The van der Waals surface area contributed by atoms with E-state index in [2.05, 4.69) is 4.74 Å². The molecule has 8 nitrogen and oxygen atoms in total. The Morgan fingerprint density at radius 1 is 1.25 bits per heavy atom. The number of carboxylic acids is 1. The molecule has 0 unspecified atom stereocenters. The largest absolute Gasteiger partial charge is 0.493 e. The van der Waals surface area contributed by atoms with Crippen molar-refractivity contribution in [1.82, 2.24) is 5.32 Å². The number of para-hydroxylation sites is 1. The lowest BCUT2D eigenvalue weighted by molar-refractivity contribution is -0.122. The summed E-state index contributed by atoms with van der Waals surface area (Å²) in [6.07, 6.45) is -0.933. The van der Waals surface area contributed by atoms with E-state index in [1.165, 1.54) is 25.3 Å². The molecule has 0 spiro atoms. The van der Waals surface area contributed by atoms with Crippen LogP contribution in [0, 0.1) is 0 Å². The maximum Gasteiger partial charge on any atom is 0.413 e. The number of hydrogen-bond donors (Lipinski definition) is 2. The quantitative estimate of drug-likeness (QED) is 0.816. The van der Waals surface area contributed by atoms with Crippen LogP contribution in [0.5, 0.6) is 11.5 Å². The number of imide groups is 1. The first-order chi connectivity index (χ1) is 9.49. The maximum atomic E-state index is 11.3. The van der Waals surface area contributed by atoms with Gasteiger partial charge in [0.15, 0.2) is 18.1 Å². The molecule has 1 rings (SSSR count). The number of nitrogens with one attached hydrogen (secondary N) is 1. The number of carboxylic acid groups (broad SMARTS) is 1. The summed E-state index contributed by atoms with van der Waals surface area (Å²) in [5.74, 6) is -1.94. The fraction of sp³-hybridized carbons (Fsp3) is 0.250. The SMILES string of the molecule is COC(=O)NC(=O)COc1c(OC)cccc1C(=O)O. The van der Waals surface area contributed by atoms with E-state index >= 15 is 0 Å². The van der Waals surface area contributed by atoms with Gasteiger partial charge in [0, 0.05) is 0 Å². The third kappa shape index (κ3) is 3.87. The molecule has 0 aliphatic heterocycles. The van der Waals surface area contributed by atoms with Crippen LogP contribution in [-0.4, -0.2) is 43.9 Å². The number of alkyl carbamates (subject to hydrolysis) is 1. The summed E-state index contributed by atoms with van der Waals surface area (Å²) in [5, 5.41) is 10.9. The molecule has 0 fully saturated rings.